The molecule has 0 fully saturated rings. The molecule has 0 atom stereocenters. The second-order valence-electron chi connectivity index (χ2n) is 3.61. The van der Waals surface area contributed by atoms with Gasteiger partial charge >= 0.3 is 0 Å². The van der Waals surface area contributed by atoms with E-state index in [1.807, 2.05) is 19.1 Å². The molecule has 0 aliphatic heterocycles. The van der Waals surface area contributed by atoms with Gasteiger partial charge in [0.25, 0.3) is 0 Å². The van der Waals surface area contributed by atoms with E-state index in [1.54, 1.807) is 0 Å². The quantitative estimate of drug-likeness (QED) is 0.799. The minimum absolute atomic E-state index is 0.163. The Balaban J connectivity index is 2.89. The third-order valence-electron chi connectivity index (χ3n) is 2.20. The van der Waals surface area contributed by atoms with Gasteiger partial charge in [0.1, 0.15) is 0 Å². The van der Waals surface area contributed by atoms with Crippen molar-refractivity contribution < 1.29 is 14.3 Å². The highest BCUT2D eigenvalue weighted by Crippen LogP contribution is 2.36. The summed E-state index contributed by atoms with van der Waals surface area (Å²) in [5, 5.41) is 0. The number of amides is 1. The molecular formula is C12H17BrN2O3. The maximum absolute atomic E-state index is 10.7. The van der Waals surface area contributed by atoms with Crippen molar-refractivity contribution in [2.24, 2.45) is 11.5 Å². The smallest absolute Gasteiger partial charge is 0.220 e. The number of carbonyl (C=O) groups excluding carboxylic acids is 1. The van der Waals surface area contributed by atoms with Crippen molar-refractivity contribution in [1.82, 2.24) is 0 Å². The van der Waals surface area contributed by atoms with Crippen LogP contribution in [0.3, 0.4) is 0 Å². The maximum Gasteiger partial charge on any atom is 0.220 e. The van der Waals surface area contributed by atoms with Crippen LogP contribution in [-0.2, 0) is 11.3 Å². The Kier molecular flexibility index (Phi) is 5.94. The first-order chi connectivity index (χ1) is 8.58. The van der Waals surface area contributed by atoms with Gasteiger partial charge in [0.15, 0.2) is 11.5 Å². The second-order valence-corrected chi connectivity index (χ2v) is 4.46. The zero-order chi connectivity index (χ0) is 13.5. The van der Waals surface area contributed by atoms with Crippen LogP contribution in [-0.4, -0.2) is 19.1 Å². The Bertz CT molecular complexity index is 424. The van der Waals surface area contributed by atoms with Crippen LogP contribution >= 0.6 is 15.9 Å². The molecule has 1 amide bonds. The molecule has 0 radical (unpaired) electrons. The van der Waals surface area contributed by atoms with Crippen LogP contribution in [0.25, 0.3) is 0 Å². The zero-order valence-corrected chi connectivity index (χ0v) is 11.8. The van der Waals surface area contributed by atoms with Gasteiger partial charge in [-0.05, 0) is 40.5 Å². The Labute approximate surface area is 115 Å². The number of ether oxygens (including phenoxy) is 2. The van der Waals surface area contributed by atoms with Crippen molar-refractivity contribution in [1.29, 1.82) is 0 Å². The average molecular weight is 317 g/mol. The number of nitrogens with two attached hydrogens (primary N) is 2. The Hall–Kier alpha value is -1.27. The van der Waals surface area contributed by atoms with Crippen LogP contribution in [0.1, 0.15) is 18.9 Å². The summed E-state index contributed by atoms with van der Waals surface area (Å²) in [6.07, 6.45) is 0.163. The molecule has 4 N–H and O–H groups in total. The van der Waals surface area contributed by atoms with Gasteiger partial charge in [0, 0.05) is 6.54 Å². The molecule has 1 aromatic rings. The van der Waals surface area contributed by atoms with Crippen molar-refractivity contribution in [2.45, 2.75) is 19.9 Å². The molecule has 18 heavy (non-hydrogen) atoms. The van der Waals surface area contributed by atoms with E-state index in [1.165, 1.54) is 0 Å². The van der Waals surface area contributed by atoms with Crippen LogP contribution in [0, 0.1) is 0 Å². The molecule has 5 nitrogen and oxygen atoms in total. The third-order valence-corrected chi connectivity index (χ3v) is 2.79. The Morgan fingerprint density at radius 1 is 1.39 bits per heavy atom. The lowest BCUT2D eigenvalue weighted by molar-refractivity contribution is -0.118. The standard InChI is InChI=1S/C12H17BrN2O3/c1-2-17-10-6-8(7-14)5-9(13)12(10)18-4-3-11(15)16/h5-6H,2-4,7,14H2,1H3,(H2,15,16). The summed E-state index contributed by atoms with van der Waals surface area (Å²) in [6.45, 7) is 3.04. The zero-order valence-electron chi connectivity index (χ0n) is 10.2. The van der Waals surface area contributed by atoms with Crippen molar-refractivity contribution in [2.75, 3.05) is 13.2 Å². The highest BCUT2D eigenvalue weighted by molar-refractivity contribution is 9.10. The van der Waals surface area contributed by atoms with Gasteiger partial charge in [0.2, 0.25) is 5.91 Å². The monoisotopic (exact) mass is 316 g/mol. The number of hydrogen-bond acceptors (Lipinski definition) is 4. The molecule has 0 bridgehead atoms. The van der Waals surface area contributed by atoms with Gasteiger partial charge in [0.05, 0.1) is 24.1 Å². The predicted octanol–water partition coefficient (Wildman–Crippen LogP) is 1.56. The summed E-state index contributed by atoms with van der Waals surface area (Å²) in [7, 11) is 0. The molecule has 1 rings (SSSR count). The van der Waals surface area contributed by atoms with Gasteiger partial charge in [-0.3, -0.25) is 4.79 Å². The lowest BCUT2D eigenvalue weighted by Gasteiger charge is -2.14. The highest BCUT2D eigenvalue weighted by Gasteiger charge is 2.12. The summed E-state index contributed by atoms with van der Waals surface area (Å²) >= 11 is 3.40. The number of primary amides is 1. The van der Waals surface area contributed by atoms with E-state index in [9.17, 15) is 4.79 Å². The van der Waals surface area contributed by atoms with E-state index in [4.69, 9.17) is 20.9 Å². The first-order valence-electron chi connectivity index (χ1n) is 5.64. The minimum Gasteiger partial charge on any atom is -0.490 e. The van der Waals surface area contributed by atoms with E-state index in [-0.39, 0.29) is 13.0 Å². The first kappa shape index (κ1) is 14.8. The van der Waals surface area contributed by atoms with Crippen LogP contribution in [0.5, 0.6) is 11.5 Å². The minimum atomic E-state index is -0.400. The van der Waals surface area contributed by atoms with Gasteiger partial charge in [-0.15, -0.1) is 0 Å². The lowest BCUT2D eigenvalue weighted by Crippen LogP contribution is -2.15. The molecule has 0 saturated heterocycles. The molecule has 0 aliphatic carbocycles. The van der Waals surface area contributed by atoms with Crippen molar-refractivity contribution in [3.63, 3.8) is 0 Å². The third kappa shape index (κ3) is 4.19. The van der Waals surface area contributed by atoms with E-state index in [2.05, 4.69) is 15.9 Å². The summed E-state index contributed by atoms with van der Waals surface area (Å²) in [5.41, 5.74) is 11.6. The van der Waals surface area contributed by atoms with E-state index in [0.717, 1.165) is 10.0 Å². The molecular weight excluding hydrogens is 300 g/mol. The molecule has 0 aromatic heterocycles. The van der Waals surface area contributed by atoms with Crippen LogP contribution < -0.4 is 20.9 Å². The molecule has 6 heteroatoms. The molecule has 0 aliphatic rings. The molecule has 0 heterocycles. The number of carbonyl (C=O) groups is 1. The van der Waals surface area contributed by atoms with Crippen molar-refractivity contribution >= 4 is 21.8 Å². The van der Waals surface area contributed by atoms with E-state index >= 15 is 0 Å². The van der Waals surface area contributed by atoms with Gasteiger partial charge < -0.3 is 20.9 Å². The van der Waals surface area contributed by atoms with Crippen molar-refractivity contribution in [3.8, 4) is 11.5 Å². The Morgan fingerprint density at radius 3 is 2.67 bits per heavy atom. The number of rotatable bonds is 7. The van der Waals surface area contributed by atoms with Crippen molar-refractivity contribution in [3.05, 3.63) is 22.2 Å². The average Bonchev–Trinajstić information content (AvgIpc) is 2.32. The van der Waals surface area contributed by atoms with Crippen LogP contribution in [0.4, 0.5) is 0 Å². The SMILES string of the molecule is CCOc1cc(CN)cc(Br)c1OCCC(N)=O. The van der Waals surface area contributed by atoms with E-state index in [0.29, 0.717) is 24.7 Å². The second kappa shape index (κ2) is 7.23. The van der Waals surface area contributed by atoms with Gasteiger partial charge in [-0.2, -0.15) is 0 Å². The van der Waals surface area contributed by atoms with Crippen LogP contribution in [0.15, 0.2) is 16.6 Å². The Morgan fingerprint density at radius 2 is 2.11 bits per heavy atom. The lowest BCUT2D eigenvalue weighted by atomic mass is 10.2. The van der Waals surface area contributed by atoms with Gasteiger partial charge in [-0.1, -0.05) is 0 Å². The molecule has 1 aromatic carbocycles. The fraction of sp³-hybridized carbons (Fsp3) is 0.417. The fourth-order valence-corrected chi connectivity index (χ4v) is 2.00. The topological polar surface area (TPSA) is 87.6 Å². The number of benzene rings is 1. The highest BCUT2D eigenvalue weighted by atomic mass is 79.9. The van der Waals surface area contributed by atoms with Gasteiger partial charge in [-0.25, -0.2) is 0 Å². The molecule has 100 valence electrons. The largest absolute Gasteiger partial charge is 0.490 e. The summed E-state index contributed by atoms with van der Waals surface area (Å²) in [4.78, 5) is 10.7. The summed E-state index contributed by atoms with van der Waals surface area (Å²) in [5.74, 6) is 0.773. The fourth-order valence-electron chi connectivity index (χ4n) is 1.40. The normalized spacial score (nSPS) is 10.2. The van der Waals surface area contributed by atoms with Crippen LogP contribution in [0.2, 0.25) is 0 Å². The number of halogens is 1. The molecule has 0 saturated carbocycles. The summed E-state index contributed by atoms with van der Waals surface area (Å²) < 4.78 is 11.8. The summed E-state index contributed by atoms with van der Waals surface area (Å²) in [6, 6.07) is 3.69. The molecule has 0 spiro atoms. The predicted molar refractivity (Wildman–Crippen MR) is 72.5 cm³/mol. The molecule has 0 unspecified atom stereocenters. The first-order valence-corrected chi connectivity index (χ1v) is 6.44. The maximum atomic E-state index is 10.7. The van der Waals surface area contributed by atoms with E-state index < -0.39 is 5.91 Å². The number of hydrogen-bond donors (Lipinski definition) is 2.